The highest BCUT2D eigenvalue weighted by atomic mass is 16.6. The van der Waals surface area contributed by atoms with Crippen molar-refractivity contribution in [3.63, 3.8) is 0 Å². The van der Waals surface area contributed by atoms with E-state index in [0.29, 0.717) is 19.3 Å². The Kier molecular flexibility index (Phi) is 2.39. The first-order chi connectivity index (χ1) is 8.90. The van der Waals surface area contributed by atoms with Crippen LogP contribution in [0.25, 0.3) is 0 Å². The Balaban J connectivity index is 1.53. The van der Waals surface area contributed by atoms with Crippen LogP contribution in [0, 0.1) is 11.8 Å². The molecule has 1 N–H and O–H groups in total. The van der Waals surface area contributed by atoms with E-state index >= 15 is 0 Å². The zero-order valence-corrected chi connectivity index (χ0v) is 10.5. The van der Waals surface area contributed by atoms with Crippen molar-refractivity contribution in [1.82, 2.24) is 0 Å². The molecule has 0 aromatic heterocycles. The minimum Gasteiger partial charge on any atom is -0.486 e. The minimum absolute atomic E-state index is 0.658. The third-order valence-electron chi connectivity index (χ3n) is 4.14. The lowest BCUT2D eigenvalue weighted by molar-refractivity contribution is 0.171. The van der Waals surface area contributed by atoms with Gasteiger partial charge >= 0.3 is 0 Å². The standard InChI is InChI=1S/C15H19NO2/c1-2-10(1)15(11-3-4-11)16-12-5-6-13-14(9-12)18-8-7-17-13/h5-6,9-11,15-16H,1-4,7-8H2. The van der Waals surface area contributed by atoms with Crippen molar-refractivity contribution in [3.05, 3.63) is 18.2 Å². The second-order valence-corrected chi connectivity index (χ2v) is 5.70. The van der Waals surface area contributed by atoms with Gasteiger partial charge in [0.2, 0.25) is 0 Å². The van der Waals surface area contributed by atoms with E-state index in [0.717, 1.165) is 23.3 Å². The largest absolute Gasteiger partial charge is 0.486 e. The Morgan fingerprint density at radius 2 is 1.61 bits per heavy atom. The Morgan fingerprint density at radius 1 is 0.944 bits per heavy atom. The van der Waals surface area contributed by atoms with Gasteiger partial charge in [-0.3, -0.25) is 0 Å². The van der Waals surface area contributed by atoms with Gasteiger partial charge in [0.25, 0.3) is 0 Å². The van der Waals surface area contributed by atoms with E-state index in [1.54, 1.807) is 0 Å². The average Bonchev–Trinajstić information content (AvgIpc) is 3.29. The first-order valence-corrected chi connectivity index (χ1v) is 7.06. The SMILES string of the molecule is c1cc2c(cc1NC(C1CC1)C1CC1)OCCO2. The minimum atomic E-state index is 0.658. The highest BCUT2D eigenvalue weighted by Crippen LogP contribution is 2.46. The van der Waals surface area contributed by atoms with Gasteiger partial charge in [-0.2, -0.15) is 0 Å². The molecule has 1 aliphatic heterocycles. The normalized spacial score (nSPS) is 22.1. The molecule has 4 rings (SSSR count). The summed E-state index contributed by atoms with van der Waals surface area (Å²) in [5.41, 5.74) is 1.18. The molecule has 2 saturated carbocycles. The Hall–Kier alpha value is -1.38. The summed E-state index contributed by atoms with van der Waals surface area (Å²) >= 11 is 0. The molecule has 0 radical (unpaired) electrons. The lowest BCUT2D eigenvalue weighted by Crippen LogP contribution is -2.24. The Bertz CT molecular complexity index is 440. The topological polar surface area (TPSA) is 30.5 Å². The summed E-state index contributed by atoms with van der Waals surface area (Å²) < 4.78 is 11.2. The van der Waals surface area contributed by atoms with Gasteiger partial charge in [-0.05, 0) is 49.7 Å². The summed E-state index contributed by atoms with van der Waals surface area (Å²) in [7, 11) is 0. The number of rotatable bonds is 4. The third kappa shape index (κ3) is 2.02. The van der Waals surface area contributed by atoms with Gasteiger partial charge in [-0.25, -0.2) is 0 Å². The van der Waals surface area contributed by atoms with Crippen molar-refractivity contribution in [2.24, 2.45) is 11.8 Å². The second-order valence-electron chi connectivity index (χ2n) is 5.70. The van der Waals surface area contributed by atoms with Crippen LogP contribution in [0.1, 0.15) is 25.7 Å². The maximum absolute atomic E-state index is 5.63. The summed E-state index contributed by atoms with van der Waals surface area (Å²) in [6, 6.07) is 6.91. The molecule has 18 heavy (non-hydrogen) atoms. The highest BCUT2D eigenvalue weighted by molar-refractivity contribution is 5.56. The lowest BCUT2D eigenvalue weighted by atomic mass is 10.1. The van der Waals surface area contributed by atoms with Crippen LogP contribution in [0.4, 0.5) is 5.69 Å². The molecule has 2 fully saturated rings. The Labute approximate surface area is 107 Å². The van der Waals surface area contributed by atoms with E-state index in [-0.39, 0.29) is 0 Å². The molecular formula is C15H19NO2. The summed E-state index contributed by atoms with van der Waals surface area (Å²) in [6.07, 6.45) is 5.61. The smallest absolute Gasteiger partial charge is 0.163 e. The van der Waals surface area contributed by atoms with Crippen molar-refractivity contribution >= 4 is 5.69 Å². The van der Waals surface area contributed by atoms with Crippen LogP contribution in [-0.4, -0.2) is 19.3 Å². The average molecular weight is 245 g/mol. The summed E-state index contributed by atoms with van der Waals surface area (Å²) in [5.74, 6) is 3.58. The van der Waals surface area contributed by atoms with Gasteiger partial charge in [0.1, 0.15) is 13.2 Å². The maximum atomic E-state index is 5.63. The zero-order valence-electron chi connectivity index (χ0n) is 10.5. The summed E-state index contributed by atoms with van der Waals surface area (Å²) in [5, 5.41) is 3.72. The van der Waals surface area contributed by atoms with E-state index in [4.69, 9.17) is 9.47 Å². The molecule has 3 nitrogen and oxygen atoms in total. The number of hydrogen-bond acceptors (Lipinski definition) is 3. The van der Waals surface area contributed by atoms with Gasteiger partial charge in [0, 0.05) is 17.8 Å². The predicted octanol–water partition coefficient (Wildman–Crippen LogP) is 3.06. The number of benzene rings is 1. The van der Waals surface area contributed by atoms with E-state index in [1.807, 2.05) is 6.07 Å². The fraction of sp³-hybridized carbons (Fsp3) is 0.600. The monoisotopic (exact) mass is 245 g/mol. The molecule has 0 bridgehead atoms. The van der Waals surface area contributed by atoms with Gasteiger partial charge in [-0.1, -0.05) is 0 Å². The van der Waals surface area contributed by atoms with Crippen LogP contribution in [-0.2, 0) is 0 Å². The molecular weight excluding hydrogens is 226 g/mol. The van der Waals surface area contributed by atoms with Crippen LogP contribution >= 0.6 is 0 Å². The first-order valence-electron chi connectivity index (χ1n) is 7.06. The fourth-order valence-electron chi connectivity index (χ4n) is 2.86. The van der Waals surface area contributed by atoms with Crippen molar-refractivity contribution in [1.29, 1.82) is 0 Å². The van der Waals surface area contributed by atoms with Crippen molar-refractivity contribution < 1.29 is 9.47 Å². The van der Waals surface area contributed by atoms with Crippen molar-refractivity contribution in [2.75, 3.05) is 18.5 Å². The van der Waals surface area contributed by atoms with E-state index in [9.17, 15) is 0 Å². The number of anilines is 1. The molecule has 96 valence electrons. The Morgan fingerprint density at radius 3 is 2.28 bits per heavy atom. The van der Waals surface area contributed by atoms with Crippen LogP contribution in [0.3, 0.4) is 0 Å². The van der Waals surface area contributed by atoms with Crippen LogP contribution in [0.5, 0.6) is 11.5 Å². The molecule has 0 spiro atoms. The number of hydrogen-bond donors (Lipinski definition) is 1. The predicted molar refractivity (Wildman–Crippen MR) is 70.3 cm³/mol. The van der Waals surface area contributed by atoms with Gasteiger partial charge in [0.15, 0.2) is 11.5 Å². The molecule has 0 amide bonds. The molecule has 0 unspecified atom stereocenters. The number of nitrogens with one attached hydrogen (secondary N) is 1. The molecule has 2 aliphatic carbocycles. The van der Waals surface area contributed by atoms with Crippen molar-refractivity contribution in [3.8, 4) is 11.5 Å². The van der Waals surface area contributed by atoms with Gasteiger partial charge < -0.3 is 14.8 Å². The van der Waals surface area contributed by atoms with Crippen LogP contribution in [0.2, 0.25) is 0 Å². The van der Waals surface area contributed by atoms with E-state index in [2.05, 4.69) is 17.4 Å². The van der Waals surface area contributed by atoms with Gasteiger partial charge in [0.05, 0.1) is 0 Å². The zero-order chi connectivity index (χ0) is 11.9. The maximum Gasteiger partial charge on any atom is 0.163 e. The molecule has 1 aromatic carbocycles. The second kappa shape index (κ2) is 4.08. The molecule has 0 saturated heterocycles. The first kappa shape index (κ1) is 10.5. The van der Waals surface area contributed by atoms with Crippen LogP contribution in [0.15, 0.2) is 18.2 Å². The van der Waals surface area contributed by atoms with E-state index in [1.165, 1.54) is 31.4 Å². The fourth-order valence-corrected chi connectivity index (χ4v) is 2.86. The quantitative estimate of drug-likeness (QED) is 0.884. The highest BCUT2D eigenvalue weighted by Gasteiger charge is 2.41. The van der Waals surface area contributed by atoms with Gasteiger partial charge in [-0.15, -0.1) is 0 Å². The number of fused-ring (bicyclic) bond motifs is 1. The lowest BCUT2D eigenvalue weighted by Gasteiger charge is -2.22. The van der Waals surface area contributed by atoms with Crippen LogP contribution < -0.4 is 14.8 Å². The molecule has 3 aliphatic rings. The third-order valence-corrected chi connectivity index (χ3v) is 4.14. The van der Waals surface area contributed by atoms with E-state index < -0.39 is 0 Å². The molecule has 1 aromatic rings. The summed E-state index contributed by atoms with van der Waals surface area (Å²) in [4.78, 5) is 0. The molecule has 0 atom stereocenters. The molecule has 3 heteroatoms. The number of ether oxygens (including phenoxy) is 2. The summed E-state index contributed by atoms with van der Waals surface area (Å²) in [6.45, 7) is 1.32. The van der Waals surface area contributed by atoms with Crippen molar-refractivity contribution in [2.45, 2.75) is 31.7 Å². The molecule has 1 heterocycles.